The SMILES string of the molecule is C/C=C\CC(C)CC(=O)Nc1cccc2nc(C(=O)NC(C)CO)cn12.C=C. The number of hydrogen-bond acceptors (Lipinski definition) is 4. The molecule has 2 heterocycles. The quantitative estimate of drug-likeness (QED) is 0.607. The Kier molecular flexibility index (Phi) is 9.67. The first kappa shape index (κ1) is 23.1. The van der Waals surface area contributed by atoms with Gasteiger partial charge in [-0.2, -0.15) is 0 Å². The van der Waals surface area contributed by atoms with Gasteiger partial charge in [0.05, 0.1) is 6.61 Å². The zero-order chi connectivity index (χ0) is 21.1. The monoisotopic (exact) mass is 386 g/mol. The fourth-order valence-corrected chi connectivity index (χ4v) is 2.53. The van der Waals surface area contributed by atoms with Crippen LogP contribution in [0.15, 0.2) is 49.7 Å². The van der Waals surface area contributed by atoms with Crippen LogP contribution in [0.5, 0.6) is 0 Å². The second-order valence-corrected chi connectivity index (χ2v) is 6.48. The van der Waals surface area contributed by atoms with E-state index in [0.717, 1.165) is 6.42 Å². The molecular weight excluding hydrogens is 356 g/mol. The molecule has 2 rings (SSSR count). The molecule has 0 spiro atoms. The van der Waals surface area contributed by atoms with Gasteiger partial charge >= 0.3 is 0 Å². The summed E-state index contributed by atoms with van der Waals surface area (Å²) in [6.07, 6.45) is 6.87. The van der Waals surface area contributed by atoms with Crippen molar-refractivity contribution in [1.29, 1.82) is 0 Å². The molecule has 152 valence electrons. The topological polar surface area (TPSA) is 95.7 Å². The number of amides is 2. The largest absolute Gasteiger partial charge is 0.394 e. The van der Waals surface area contributed by atoms with Crippen LogP contribution in [-0.4, -0.2) is 39.0 Å². The van der Waals surface area contributed by atoms with E-state index in [0.29, 0.717) is 17.9 Å². The number of allylic oxidation sites excluding steroid dienone is 2. The molecule has 2 unspecified atom stereocenters. The fraction of sp³-hybridized carbons (Fsp3) is 0.381. The summed E-state index contributed by atoms with van der Waals surface area (Å²) in [6.45, 7) is 11.5. The summed E-state index contributed by atoms with van der Waals surface area (Å²) in [5.74, 6) is 0.359. The van der Waals surface area contributed by atoms with E-state index in [1.54, 1.807) is 35.7 Å². The molecule has 2 amide bonds. The van der Waals surface area contributed by atoms with E-state index in [1.807, 2.05) is 26.0 Å². The predicted octanol–water partition coefficient (Wildman–Crippen LogP) is 3.18. The van der Waals surface area contributed by atoms with Crippen molar-refractivity contribution in [2.45, 2.75) is 39.7 Å². The molecule has 2 atom stereocenters. The Hall–Kier alpha value is -2.93. The minimum Gasteiger partial charge on any atom is -0.394 e. The number of hydrogen-bond donors (Lipinski definition) is 3. The second-order valence-electron chi connectivity index (χ2n) is 6.48. The number of fused-ring (bicyclic) bond motifs is 1. The van der Waals surface area contributed by atoms with Gasteiger partial charge in [-0.25, -0.2) is 4.98 Å². The summed E-state index contributed by atoms with van der Waals surface area (Å²) in [5, 5.41) is 14.6. The Morgan fingerprint density at radius 3 is 2.68 bits per heavy atom. The summed E-state index contributed by atoms with van der Waals surface area (Å²) >= 11 is 0. The van der Waals surface area contributed by atoms with E-state index in [-0.39, 0.29) is 36.1 Å². The van der Waals surface area contributed by atoms with Crippen LogP contribution in [0.2, 0.25) is 0 Å². The van der Waals surface area contributed by atoms with Gasteiger partial charge in [-0.15, -0.1) is 13.2 Å². The molecule has 0 saturated heterocycles. The van der Waals surface area contributed by atoms with Gasteiger partial charge in [0, 0.05) is 18.7 Å². The zero-order valence-corrected chi connectivity index (χ0v) is 16.8. The van der Waals surface area contributed by atoms with Crippen molar-refractivity contribution in [3.63, 3.8) is 0 Å². The van der Waals surface area contributed by atoms with Crippen molar-refractivity contribution in [3.8, 4) is 0 Å². The lowest BCUT2D eigenvalue weighted by Crippen LogP contribution is -2.35. The maximum absolute atomic E-state index is 12.3. The van der Waals surface area contributed by atoms with Gasteiger partial charge in [0.15, 0.2) is 0 Å². The van der Waals surface area contributed by atoms with Crippen molar-refractivity contribution >= 4 is 23.3 Å². The van der Waals surface area contributed by atoms with Gasteiger partial charge < -0.3 is 15.7 Å². The third kappa shape index (κ3) is 6.66. The third-order valence-corrected chi connectivity index (χ3v) is 3.95. The molecule has 0 aromatic carbocycles. The molecule has 3 N–H and O–H groups in total. The van der Waals surface area contributed by atoms with Crippen LogP contribution in [0.4, 0.5) is 5.82 Å². The van der Waals surface area contributed by atoms with E-state index in [4.69, 9.17) is 5.11 Å². The Morgan fingerprint density at radius 1 is 1.32 bits per heavy atom. The van der Waals surface area contributed by atoms with Crippen molar-refractivity contribution < 1.29 is 14.7 Å². The molecule has 0 fully saturated rings. The lowest BCUT2D eigenvalue weighted by atomic mass is 10.0. The Bertz CT molecular complexity index is 813. The van der Waals surface area contributed by atoms with Crippen molar-refractivity contribution in [2.75, 3.05) is 11.9 Å². The minimum atomic E-state index is -0.368. The van der Waals surface area contributed by atoms with Gasteiger partial charge in [0.1, 0.15) is 17.2 Å². The van der Waals surface area contributed by atoms with Gasteiger partial charge in [-0.1, -0.05) is 25.1 Å². The first-order valence-electron chi connectivity index (χ1n) is 9.25. The lowest BCUT2D eigenvalue weighted by molar-refractivity contribution is -0.117. The van der Waals surface area contributed by atoms with Crippen LogP contribution in [0.1, 0.15) is 44.1 Å². The third-order valence-electron chi connectivity index (χ3n) is 3.95. The van der Waals surface area contributed by atoms with Crippen LogP contribution in [-0.2, 0) is 4.79 Å². The molecule has 0 aliphatic rings. The van der Waals surface area contributed by atoms with E-state index in [2.05, 4.69) is 28.8 Å². The van der Waals surface area contributed by atoms with E-state index < -0.39 is 0 Å². The lowest BCUT2D eigenvalue weighted by Gasteiger charge is -2.11. The molecule has 0 saturated carbocycles. The summed E-state index contributed by atoms with van der Waals surface area (Å²) < 4.78 is 1.67. The molecule has 28 heavy (non-hydrogen) atoms. The number of anilines is 1. The van der Waals surface area contributed by atoms with E-state index in [9.17, 15) is 9.59 Å². The molecule has 0 bridgehead atoms. The van der Waals surface area contributed by atoms with E-state index in [1.165, 1.54) is 0 Å². The number of carbonyl (C=O) groups excluding carboxylic acids is 2. The smallest absolute Gasteiger partial charge is 0.271 e. The minimum absolute atomic E-state index is 0.0805. The Labute approximate surface area is 166 Å². The number of carbonyl (C=O) groups is 2. The van der Waals surface area contributed by atoms with Crippen LogP contribution < -0.4 is 10.6 Å². The Morgan fingerprint density at radius 2 is 2.04 bits per heavy atom. The highest BCUT2D eigenvalue weighted by Gasteiger charge is 2.15. The molecular formula is C21H30N4O3. The standard InChI is InChI=1S/C19H26N4O3.C2H4/c1-4-5-7-13(2)10-18(25)22-17-9-6-8-16-21-15(11-23(16)17)19(26)20-14(3)12-24;1-2/h4-6,8-9,11,13-14,24H,7,10,12H2,1-3H3,(H,20,26)(H,22,25);1-2H2/b5-4-;. The number of aromatic nitrogens is 2. The predicted molar refractivity (Wildman–Crippen MR) is 112 cm³/mol. The fourth-order valence-electron chi connectivity index (χ4n) is 2.53. The maximum Gasteiger partial charge on any atom is 0.271 e. The molecule has 7 heteroatoms. The Balaban J connectivity index is 0.00000190. The van der Waals surface area contributed by atoms with Gasteiger partial charge in [0.2, 0.25) is 5.91 Å². The molecule has 2 aromatic heterocycles. The second kappa shape index (κ2) is 11.7. The number of aliphatic hydroxyl groups excluding tert-OH is 1. The van der Waals surface area contributed by atoms with Crippen molar-refractivity contribution in [3.05, 3.63) is 55.4 Å². The highest BCUT2D eigenvalue weighted by molar-refractivity contribution is 5.94. The number of nitrogens with one attached hydrogen (secondary N) is 2. The number of pyridine rings is 1. The number of aliphatic hydroxyl groups is 1. The summed E-state index contributed by atoms with van der Waals surface area (Å²) in [5.41, 5.74) is 0.792. The molecule has 0 radical (unpaired) electrons. The van der Waals surface area contributed by atoms with Crippen LogP contribution in [0.25, 0.3) is 5.65 Å². The van der Waals surface area contributed by atoms with Gasteiger partial charge in [-0.3, -0.25) is 14.0 Å². The van der Waals surface area contributed by atoms with E-state index >= 15 is 0 Å². The average molecular weight is 386 g/mol. The normalized spacial score (nSPS) is 12.9. The van der Waals surface area contributed by atoms with Crippen LogP contribution >= 0.6 is 0 Å². The van der Waals surface area contributed by atoms with Crippen molar-refractivity contribution in [2.24, 2.45) is 5.92 Å². The van der Waals surface area contributed by atoms with Crippen molar-refractivity contribution in [1.82, 2.24) is 14.7 Å². The number of rotatable bonds is 8. The molecule has 0 aliphatic heterocycles. The highest BCUT2D eigenvalue weighted by atomic mass is 16.3. The summed E-state index contributed by atoms with van der Waals surface area (Å²) in [6, 6.07) is 4.95. The number of imidazole rings is 1. The van der Waals surface area contributed by atoms with Gasteiger partial charge in [-0.05, 0) is 38.3 Å². The average Bonchev–Trinajstić information content (AvgIpc) is 3.13. The van der Waals surface area contributed by atoms with Crippen LogP contribution in [0, 0.1) is 5.92 Å². The summed E-state index contributed by atoms with van der Waals surface area (Å²) in [7, 11) is 0. The maximum atomic E-state index is 12.3. The van der Waals surface area contributed by atoms with Crippen LogP contribution in [0.3, 0.4) is 0 Å². The first-order valence-corrected chi connectivity index (χ1v) is 9.25. The van der Waals surface area contributed by atoms with Gasteiger partial charge in [0.25, 0.3) is 5.91 Å². The zero-order valence-electron chi connectivity index (χ0n) is 16.8. The summed E-state index contributed by atoms with van der Waals surface area (Å²) in [4.78, 5) is 28.7. The highest BCUT2D eigenvalue weighted by Crippen LogP contribution is 2.16. The first-order chi connectivity index (χ1) is 13.4. The molecule has 7 nitrogen and oxygen atoms in total. The molecule has 0 aliphatic carbocycles. The molecule has 2 aromatic rings. The number of nitrogens with zero attached hydrogens (tertiary/aromatic N) is 2.